The summed E-state index contributed by atoms with van der Waals surface area (Å²) in [6.07, 6.45) is 67.4. The van der Waals surface area contributed by atoms with Crippen molar-refractivity contribution in [3.05, 3.63) is 36.5 Å². The van der Waals surface area contributed by atoms with E-state index < -0.39 is 12.1 Å². The lowest BCUT2D eigenvalue weighted by molar-refractivity contribution is -0.123. The topological polar surface area (TPSA) is 69.6 Å². The second-order valence-corrected chi connectivity index (χ2v) is 17.9. The molecule has 4 nitrogen and oxygen atoms in total. The molecule has 0 spiro atoms. The Morgan fingerprint density at radius 2 is 0.672 bits per heavy atom. The third-order valence-electron chi connectivity index (χ3n) is 12.1. The third kappa shape index (κ3) is 45.7. The van der Waals surface area contributed by atoms with Crippen molar-refractivity contribution in [2.24, 2.45) is 0 Å². The lowest BCUT2D eigenvalue weighted by Gasteiger charge is -2.19. The Kier molecular flexibility index (Phi) is 48.8. The molecular weight excluding hydrogens is 711 g/mol. The van der Waals surface area contributed by atoms with E-state index in [1.54, 1.807) is 6.08 Å². The molecule has 2 unspecified atom stereocenters. The maximum atomic E-state index is 12.4. The minimum absolute atomic E-state index is 0.0713. The molecule has 0 saturated carbocycles. The van der Waals surface area contributed by atoms with Gasteiger partial charge in [0.05, 0.1) is 18.8 Å². The van der Waals surface area contributed by atoms with E-state index in [-0.39, 0.29) is 12.5 Å². The number of aliphatic hydroxyl groups excluding tert-OH is 2. The number of aliphatic hydroxyl groups is 2. The Labute approximate surface area is 363 Å². The van der Waals surface area contributed by atoms with Crippen LogP contribution in [0.5, 0.6) is 0 Å². The molecule has 0 aromatic rings. The fourth-order valence-corrected chi connectivity index (χ4v) is 8.07. The quantitative estimate of drug-likeness (QED) is 0.0423. The summed E-state index contributed by atoms with van der Waals surface area (Å²) >= 11 is 0. The largest absolute Gasteiger partial charge is 0.394 e. The minimum Gasteiger partial charge on any atom is -0.394 e. The fraction of sp³-hybridized carbons (Fsp3) is 0.870. The van der Waals surface area contributed by atoms with E-state index >= 15 is 0 Å². The first-order valence-corrected chi connectivity index (χ1v) is 26.2. The zero-order chi connectivity index (χ0) is 42.1. The predicted octanol–water partition coefficient (Wildman–Crippen LogP) is 16.9. The Bertz CT molecular complexity index is 882. The van der Waals surface area contributed by atoms with Gasteiger partial charge in [0.2, 0.25) is 5.91 Å². The highest BCUT2D eigenvalue weighted by Gasteiger charge is 2.17. The Balaban J connectivity index is 3.39. The van der Waals surface area contributed by atoms with Gasteiger partial charge in [-0.3, -0.25) is 4.79 Å². The molecule has 0 aliphatic heterocycles. The second kappa shape index (κ2) is 50.0. The average molecular weight is 814 g/mol. The first kappa shape index (κ1) is 56.6. The van der Waals surface area contributed by atoms with Gasteiger partial charge in [-0.05, 0) is 57.8 Å². The van der Waals surface area contributed by atoms with Crippen LogP contribution in [-0.2, 0) is 4.79 Å². The number of allylic oxidation sites excluding steroid dienone is 5. The lowest BCUT2D eigenvalue weighted by atomic mass is 10.0. The highest BCUT2D eigenvalue weighted by molar-refractivity contribution is 5.76. The predicted molar refractivity (Wildman–Crippen MR) is 258 cm³/mol. The summed E-state index contributed by atoms with van der Waals surface area (Å²) in [6, 6.07) is -0.635. The summed E-state index contributed by atoms with van der Waals surface area (Å²) in [4.78, 5) is 12.4. The van der Waals surface area contributed by atoms with Gasteiger partial charge in [-0.2, -0.15) is 0 Å². The smallest absolute Gasteiger partial charge is 0.220 e. The van der Waals surface area contributed by atoms with Gasteiger partial charge in [-0.15, -0.1) is 0 Å². The number of amides is 1. The van der Waals surface area contributed by atoms with Crippen molar-refractivity contribution >= 4 is 5.91 Å². The van der Waals surface area contributed by atoms with Crippen molar-refractivity contribution in [1.29, 1.82) is 0 Å². The molecule has 0 fully saturated rings. The van der Waals surface area contributed by atoms with Crippen molar-refractivity contribution in [3.8, 4) is 0 Å². The third-order valence-corrected chi connectivity index (χ3v) is 12.1. The number of rotatable bonds is 48. The SMILES string of the molecule is CCCCCCC/C=C/CC/C=C/C(O)C(CO)NC(=O)CCCCCCCCCCCCCCCCCCCCCCCCC/C=C\CCCCCCCCCC. The zero-order valence-corrected chi connectivity index (χ0v) is 39.3. The molecule has 58 heavy (non-hydrogen) atoms. The van der Waals surface area contributed by atoms with E-state index in [0.29, 0.717) is 6.42 Å². The molecule has 3 N–H and O–H groups in total. The normalized spacial score (nSPS) is 13.1. The van der Waals surface area contributed by atoms with Gasteiger partial charge in [0.25, 0.3) is 0 Å². The molecule has 0 aromatic carbocycles. The van der Waals surface area contributed by atoms with Crippen LogP contribution in [0.3, 0.4) is 0 Å². The first-order valence-electron chi connectivity index (χ1n) is 26.2. The molecule has 4 heteroatoms. The van der Waals surface area contributed by atoms with Crippen molar-refractivity contribution in [2.45, 2.75) is 296 Å². The molecule has 0 aliphatic rings. The van der Waals surface area contributed by atoms with Crippen LogP contribution in [0, 0.1) is 0 Å². The van der Waals surface area contributed by atoms with E-state index in [1.807, 2.05) is 6.08 Å². The van der Waals surface area contributed by atoms with Gasteiger partial charge in [0.15, 0.2) is 0 Å². The van der Waals surface area contributed by atoms with Gasteiger partial charge in [-0.1, -0.05) is 256 Å². The molecule has 0 saturated heterocycles. The van der Waals surface area contributed by atoms with Crippen LogP contribution in [0.15, 0.2) is 36.5 Å². The maximum Gasteiger partial charge on any atom is 0.220 e. The summed E-state index contributed by atoms with van der Waals surface area (Å²) < 4.78 is 0. The summed E-state index contributed by atoms with van der Waals surface area (Å²) in [5.74, 6) is -0.0713. The Morgan fingerprint density at radius 1 is 0.397 bits per heavy atom. The number of carbonyl (C=O) groups excluding carboxylic acids is 1. The summed E-state index contributed by atoms with van der Waals surface area (Å²) in [5, 5.41) is 22.9. The highest BCUT2D eigenvalue weighted by Crippen LogP contribution is 2.17. The van der Waals surface area contributed by atoms with Gasteiger partial charge < -0.3 is 15.5 Å². The Hall–Kier alpha value is -1.39. The number of carbonyl (C=O) groups is 1. The second-order valence-electron chi connectivity index (χ2n) is 17.9. The van der Waals surface area contributed by atoms with Crippen LogP contribution in [0.25, 0.3) is 0 Å². The van der Waals surface area contributed by atoms with Crippen LogP contribution < -0.4 is 5.32 Å². The molecule has 0 aliphatic carbocycles. The molecule has 342 valence electrons. The van der Waals surface area contributed by atoms with Gasteiger partial charge in [0, 0.05) is 6.42 Å². The maximum absolute atomic E-state index is 12.4. The molecule has 0 bridgehead atoms. The minimum atomic E-state index is -0.858. The number of hydrogen-bond donors (Lipinski definition) is 3. The molecule has 0 heterocycles. The summed E-state index contributed by atoms with van der Waals surface area (Å²) in [6.45, 7) is 4.28. The summed E-state index contributed by atoms with van der Waals surface area (Å²) in [5.41, 5.74) is 0. The van der Waals surface area contributed by atoms with Crippen molar-refractivity contribution in [2.75, 3.05) is 6.61 Å². The van der Waals surface area contributed by atoms with Gasteiger partial charge >= 0.3 is 0 Å². The van der Waals surface area contributed by atoms with Crippen molar-refractivity contribution in [1.82, 2.24) is 5.32 Å². The van der Waals surface area contributed by atoms with Crippen LogP contribution in [0.4, 0.5) is 0 Å². The molecule has 0 aromatic heterocycles. The molecule has 1 amide bonds. The molecule has 0 rings (SSSR count). The van der Waals surface area contributed by atoms with Gasteiger partial charge in [-0.25, -0.2) is 0 Å². The van der Waals surface area contributed by atoms with Crippen LogP contribution in [-0.4, -0.2) is 34.9 Å². The Morgan fingerprint density at radius 3 is 1.00 bits per heavy atom. The highest BCUT2D eigenvalue weighted by atomic mass is 16.3. The van der Waals surface area contributed by atoms with E-state index in [1.165, 1.54) is 231 Å². The van der Waals surface area contributed by atoms with Crippen molar-refractivity contribution in [3.63, 3.8) is 0 Å². The fourth-order valence-electron chi connectivity index (χ4n) is 8.07. The number of hydrogen-bond acceptors (Lipinski definition) is 3. The lowest BCUT2D eigenvalue weighted by Crippen LogP contribution is -2.45. The van der Waals surface area contributed by atoms with Crippen LogP contribution in [0.1, 0.15) is 284 Å². The standard InChI is InChI=1S/C54H103NO3/c1-3-5-7-9-11-13-15-16-17-18-19-20-21-22-23-24-25-26-27-28-29-30-31-32-33-34-35-36-37-38-40-42-44-46-48-50-54(58)55-52(51-56)53(57)49-47-45-43-41-39-14-12-10-8-6-4-2/h18-19,39,41,47,49,52-53,56-57H,3-17,20-38,40,42-46,48,50-51H2,1-2H3,(H,55,58)/b19-18-,41-39+,49-47+. The van der Waals surface area contributed by atoms with E-state index in [9.17, 15) is 15.0 Å². The summed E-state index contributed by atoms with van der Waals surface area (Å²) in [7, 11) is 0. The first-order chi connectivity index (χ1) is 28.7. The van der Waals surface area contributed by atoms with E-state index in [2.05, 4.69) is 43.5 Å². The van der Waals surface area contributed by atoms with Crippen molar-refractivity contribution < 1.29 is 15.0 Å². The molecule has 0 radical (unpaired) electrons. The average Bonchev–Trinajstić information content (AvgIpc) is 3.23. The monoisotopic (exact) mass is 814 g/mol. The van der Waals surface area contributed by atoms with E-state index in [0.717, 1.165) is 32.1 Å². The zero-order valence-electron chi connectivity index (χ0n) is 39.3. The van der Waals surface area contributed by atoms with E-state index in [4.69, 9.17) is 0 Å². The van der Waals surface area contributed by atoms with Crippen LogP contribution >= 0.6 is 0 Å². The number of unbranched alkanes of at least 4 members (excludes halogenated alkanes) is 37. The molecule has 2 atom stereocenters. The van der Waals surface area contributed by atoms with Gasteiger partial charge in [0.1, 0.15) is 0 Å². The molecular formula is C54H103NO3. The van der Waals surface area contributed by atoms with Crippen LogP contribution in [0.2, 0.25) is 0 Å². The number of nitrogens with one attached hydrogen (secondary N) is 1.